The first-order valence-electron chi connectivity index (χ1n) is 10.6. The van der Waals surface area contributed by atoms with Crippen molar-refractivity contribution >= 4 is 38.6 Å². The van der Waals surface area contributed by atoms with Gasteiger partial charge in [-0.3, -0.25) is 4.79 Å². The third-order valence-electron chi connectivity index (χ3n) is 5.58. The van der Waals surface area contributed by atoms with Crippen LogP contribution in [0.1, 0.15) is 23.2 Å². The van der Waals surface area contributed by atoms with Crippen LogP contribution in [0.15, 0.2) is 75.8 Å². The molecule has 33 heavy (non-hydrogen) atoms. The summed E-state index contributed by atoms with van der Waals surface area (Å²) in [5.41, 5.74) is 2.11. The van der Waals surface area contributed by atoms with Crippen molar-refractivity contribution in [1.29, 1.82) is 0 Å². The van der Waals surface area contributed by atoms with Crippen LogP contribution in [0.2, 0.25) is 0 Å². The smallest absolute Gasteiger partial charge is 0.257 e. The van der Waals surface area contributed by atoms with Crippen LogP contribution < -0.4 is 4.72 Å². The number of likely N-dealkylation sites (tertiary alicyclic amines) is 1. The zero-order valence-corrected chi connectivity index (χ0v) is 20.1. The van der Waals surface area contributed by atoms with E-state index in [2.05, 4.69) is 4.72 Å². The van der Waals surface area contributed by atoms with Crippen molar-refractivity contribution in [3.8, 4) is 16.3 Å². The minimum absolute atomic E-state index is 0.0832. The predicted octanol–water partition coefficient (Wildman–Crippen LogP) is 4.25. The molecule has 170 valence electrons. The van der Waals surface area contributed by atoms with Gasteiger partial charge in [0.15, 0.2) is 0 Å². The maximum absolute atomic E-state index is 13.5. The summed E-state index contributed by atoms with van der Waals surface area (Å²) in [5, 5.41) is 8.44. The van der Waals surface area contributed by atoms with Gasteiger partial charge in [0, 0.05) is 25.3 Å². The Morgan fingerprint density at radius 3 is 2.36 bits per heavy atom. The number of rotatable bonds is 6. The molecule has 1 aliphatic heterocycles. The number of sulfonamides is 1. The van der Waals surface area contributed by atoms with Crippen molar-refractivity contribution in [2.24, 2.45) is 0 Å². The number of benzene rings is 1. The quantitative estimate of drug-likeness (QED) is 0.431. The highest BCUT2D eigenvalue weighted by Gasteiger charge is 2.30. The fourth-order valence-corrected chi connectivity index (χ4v) is 6.94. The first kappa shape index (κ1) is 22.0. The van der Waals surface area contributed by atoms with Gasteiger partial charge in [-0.1, -0.05) is 30.3 Å². The van der Waals surface area contributed by atoms with Gasteiger partial charge >= 0.3 is 0 Å². The molecule has 5 rings (SSSR count). The zero-order valence-electron chi connectivity index (χ0n) is 17.6. The lowest BCUT2D eigenvalue weighted by Gasteiger charge is -2.32. The molecule has 1 saturated heterocycles. The molecule has 7 nitrogen and oxygen atoms in total. The minimum Gasteiger partial charge on any atom is -0.338 e. The molecular formula is C23H22N4O3S3. The molecule has 4 heterocycles. The molecule has 0 aliphatic carbocycles. The Balaban J connectivity index is 1.33. The number of carbonyl (C=O) groups excluding carboxylic acids is 1. The van der Waals surface area contributed by atoms with E-state index in [0.29, 0.717) is 41.4 Å². The Labute approximate surface area is 200 Å². The highest BCUT2D eigenvalue weighted by molar-refractivity contribution is 7.91. The van der Waals surface area contributed by atoms with Crippen molar-refractivity contribution < 1.29 is 13.2 Å². The summed E-state index contributed by atoms with van der Waals surface area (Å²) in [6.07, 6.45) is 2.92. The number of para-hydroxylation sites is 1. The highest BCUT2D eigenvalue weighted by atomic mass is 32.2. The Kier molecular flexibility index (Phi) is 6.15. The molecule has 1 amide bonds. The third-order valence-corrected chi connectivity index (χ3v) is 9.38. The van der Waals surface area contributed by atoms with Crippen LogP contribution in [0, 0.1) is 0 Å². The molecule has 0 spiro atoms. The van der Waals surface area contributed by atoms with Crippen LogP contribution in [0.25, 0.3) is 16.3 Å². The Hall–Kier alpha value is -2.79. The molecule has 3 aromatic heterocycles. The number of nitrogens with one attached hydrogen (secondary N) is 1. The lowest BCUT2D eigenvalue weighted by atomic mass is 10.0. The van der Waals surface area contributed by atoms with Crippen LogP contribution in [0.5, 0.6) is 0 Å². The number of piperidine rings is 1. The number of hydrogen-bond acceptors (Lipinski definition) is 6. The molecule has 0 bridgehead atoms. The summed E-state index contributed by atoms with van der Waals surface area (Å²) in [6.45, 7) is 0.966. The monoisotopic (exact) mass is 498 g/mol. The maximum Gasteiger partial charge on any atom is 0.257 e. The lowest BCUT2D eigenvalue weighted by Crippen LogP contribution is -2.46. The standard InChI is InChI=1S/C23H22N4O3S3/c28-23(26-12-10-17(11-13-26)25-33(29,30)21-9-5-15-32-21)19-16-27(18-6-2-1-3-7-18)24-22(19)20-8-4-14-31-20/h1-9,14-17,25H,10-13H2. The van der Waals surface area contributed by atoms with E-state index in [1.165, 1.54) is 11.3 Å². The van der Waals surface area contributed by atoms with Gasteiger partial charge in [0.25, 0.3) is 5.91 Å². The molecule has 1 aliphatic rings. The predicted molar refractivity (Wildman–Crippen MR) is 130 cm³/mol. The van der Waals surface area contributed by atoms with Crippen molar-refractivity contribution in [3.05, 3.63) is 77.1 Å². The van der Waals surface area contributed by atoms with Gasteiger partial charge in [-0.25, -0.2) is 17.8 Å². The molecule has 4 aromatic rings. The topological polar surface area (TPSA) is 84.3 Å². The largest absolute Gasteiger partial charge is 0.338 e. The van der Waals surface area contributed by atoms with Crippen molar-refractivity contribution in [2.75, 3.05) is 13.1 Å². The molecule has 0 atom stereocenters. The van der Waals surface area contributed by atoms with Gasteiger partial charge in [-0.05, 0) is 47.9 Å². The zero-order chi connectivity index (χ0) is 22.8. The van der Waals surface area contributed by atoms with Crippen molar-refractivity contribution in [3.63, 3.8) is 0 Å². The molecule has 0 radical (unpaired) electrons. The van der Waals surface area contributed by atoms with E-state index in [4.69, 9.17) is 5.10 Å². The van der Waals surface area contributed by atoms with E-state index >= 15 is 0 Å². The molecule has 1 N–H and O–H groups in total. The number of aromatic nitrogens is 2. The first-order chi connectivity index (χ1) is 16.0. The van der Waals surface area contributed by atoms with Gasteiger partial charge < -0.3 is 4.90 Å². The van der Waals surface area contributed by atoms with E-state index in [9.17, 15) is 13.2 Å². The average molecular weight is 499 g/mol. The number of thiophene rings is 2. The maximum atomic E-state index is 13.5. The second-order valence-electron chi connectivity index (χ2n) is 7.77. The number of nitrogens with zero attached hydrogens (tertiary/aromatic N) is 3. The van der Waals surface area contributed by atoms with Gasteiger partial charge in [0.05, 0.1) is 16.1 Å². The van der Waals surface area contributed by atoms with Gasteiger partial charge in [0.2, 0.25) is 10.0 Å². The van der Waals surface area contributed by atoms with E-state index in [-0.39, 0.29) is 11.9 Å². The average Bonchev–Trinajstić information content (AvgIpc) is 3.61. The summed E-state index contributed by atoms with van der Waals surface area (Å²) >= 11 is 2.74. The summed E-state index contributed by atoms with van der Waals surface area (Å²) in [6, 6.07) is 16.8. The number of carbonyl (C=O) groups is 1. The Bertz CT molecular complexity index is 1320. The van der Waals surface area contributed by atoms with Gasteiger partial charge in [0.1, 0.15) is 9.90 Å². The Morgan fingerprint density at radius 1 is 0.970 bits per heavy atom. The van der Waals surface area contributed by atoms with E-state index in [0.717, 1.165) is 10.6 Å². The molecule has 1 fully saturated rings. The second-order valence-corrected chi connectivity index (χ2v) is 11.6. The third kappa shape index (κ3) is 4.65. The van der Waals surface area contributed by atoms with Crippen molar-refractivity contribution in [2.45, 2.75) is 23.1 Å². The SMILES string of the molecule is O=C(c1cn(-c2ccccc2)nc1-c1cccs1)N1CCC(NS(=O)(=O)c2cccs2)CC1. The molecular weight excluding hydrogens is 476 g/mol. The number of amides is 1. The van der Waals surface area contributed by atoms with E-state index in [1.54, 1.807) is 44.6 Å². The number of hydrogen-bond donors (Lipinski definition) is 1. The first-order valence-corrected chi connectivity index (χ1v) is 13.8. The lowest BCUT2D eigenvalue weighted by molar-refractivity contribution is 0.0712. The normalized spacial score (nSPS) is 15.1. The molecule has 10 heteroatoms. The summed E-state index contributed by atoms with van der Waals surface area (Å²) < 4.78 is 29.9. The van der Waals surface area contributed by atoms with Gasteiger partial charge in [-0.15, -0.1) is 22.7 Å². The van der Waals surface area contributed by atoms with E-state index < -0.39 is 10.0 Å². The van der Waals surface area contributed by atoms with E-state index in [1.807, 2.05) is 47.8 Å². The summed E-state index contributed by atoms with van der Waals surface area (Å²) in [5.74, 6) is -0.0832. The van der Waals surface area contributed by atoms with Crippen LogP contribution in [0.3, 0.4) is 0 Å². The van der Waals surface area contributed by atoms with Gasteiger partial charge in [-0.2, -0.15) is 5.10 Å². The van der Waals surface area contributed by atoms with Crippen LogP contribution in [-0.2, 0) is 10.0 Å². The molecule has 0 unspecified atom stereocenters. The Morgan fingerprint density at radius 2 is 1.70 bits per heavy atom. The fraction of sp³-hybridized carbons (Fsp3) is 0.217. The summed E-state index contributed by atoms with van der Waals surface area (Å²) in [7, 11) is -3.52. The molecule has 1 aromatic carbocycles. The van der Waals surface area contributed by atoms with Crippen LogP contribution in [-0.4, -0.2) is 48.1 Å². The fourth-order valence-electron chi connectivity index (χ4n) is 3.90. The minimum atomic E-state index is -3.52. The molecule has 0 saturated carbocycles. The van der Waals surface area contributed by atoms with Crippen LogP contribution >= 0.6 is 22.7 Å². The van der Waals surface area contributed by atoms with Crippen LogP contribution in [0.4, 0.5) is 0 Å². The second kappa shape index (κ2) is 9.22. The van der Waals surface area contributed by atoms with Crippen molar-refractivity contribution in [1.82, 2.24) is 19.4 Å². The highest BCUT2D eigenvalue weighted by Crippen LogP contribution is 2.29. The summed E-state index contributed by atoms with van der Waals surface area (Å²) in [4.78, 5) is 16.2.